The fourth-order valence-corrected chi connectivity index (χ4v) is 3.43. The van der Waals surface area contributed by atoms with E-state index < -0.39 is 22.2 Å². The van der Waals surface area contributed by atoms with Crippen LogP contribution in [0.15, 0.2) is 0 Å². The molecule has 6 nitrogen and oxygen atoms in total. The molecule has 0 radical (unpaired) electrons. The van der Waals surface area contributed by atoms with Crippen LogP contribution >= 0.6 is 0 Å². The van der Waals surface area contributed by atoms with Gasteiger partial charge < -0.3 is 5.11 Å². The zero-order valence-electron chi connectivity index (χ0n) is 10.1. The molecule has 100 valence electrons. The van der Waals surface area contributed by atoms with Crippen molar-refractivity contribution in [2.45, 2.75) is 45.1 Å². The minimum Gasteiger partial charge on any atom is -0.481 e. The summed E-state index contributed by atoms with van der Waals surface area (Å²) in [6, 6.07) is -0.528. The van der Waals surface area contributed by atoms with Crippen molar-refractivity contribution in [3.63, 3.8) is 0 Å². The van der Waals surface area contributed by atoms with E-state index in [1.54, 1.807) is 6.92 Å². The van der Waals surface area contributed by atoms with E-state index >= 15 is 0 Å². The molecular weight excluding hydrogens is 244 g/mol. The first-order valence-electron chi connectivity index (χ1n) is 5.95. The molecule has 1 aliphatic rings. The van der Waals surface area contributed by atoms with Gasteiger partial charge in [-0.3, -0.25) is 4.79 Å². The monoisotopic (exact) mass is 264 g/mol. The van der Waals surface area contributed by atoms with Crippen LogP contribution in [0.2, 0.25) is 0 Å². The Bertz CT molecular complexity index is 349. The van der Waals surface area contributed by atoms with Crippen molar-refractivity contribution in [2.75, 3.05) is 13.1 Å². The lowest BCUT2D eigenvalue weighted by Crippen LogP contribution is -2.47. The maximum Gasteiger partial charge on any atom is 0.304 e. The van der Waals surface area contributed by atoms with E-state index in [4.69, 9.17) is 5.11 Å². The van der Waals surface area contributed by atoms with Crippen molar-refractivity contribution in [1.82, 2.24) is 9.03 Å². The molecule has 0 aromatic carbocycles. The van der Waals surface area contributed by atoms with Gasteiger partial charge in [0.2, 0.25) is 0 Å². The molecule has 1 fully saturated rings. The molecule has 1 unspecified atom stereocenters. The van der Waals surface area contributed by atoms with Crippen LogP contribution in [-0.4, -0.2) is 42.9 Å². The first-order valence-corrected chi connectivity index (χ1v) is 7.39. The first kappa shape index (κ1) is 14.4. The second-order valence-electron chi connectivity index (χ2n) is 4.29. The zero-order valence-corrected chi connectivity index (χ0v) is 10.9. The lowest BCUT2D eigenvalue weighted by Gasteiger charge is -2.27. The Balaban J connectivity index is 2.59. The predicted molar refractivity (Wildman–Crippen MR) is 63.8 cm³/mol. The van der Waals surface area contributed by atoms with Crippen LogP contribution in [0, 0.1) is 0 Å². The van der Waals surface area contributed by atoms with E-state index in [1.165, 1.54) is 4.31 Å². The third-order valence-electron chi connectivity index (χ3n) is 2.88. The van der Waals surface area contributed by atoms with E-state index in [1.807, 2.05) is 0 Å². The number of nitrogens with zero attached hydrogens (tertiary/aromatic N) is 1. The van der Waals surface area contributed by atoms with Gasteiger partial charge in [0, 0.05) is 19.1 Å². The van der Waals surface area contributed by atoms with Crippen LogP contribution in [0.5, 0.6) is 0 Å². The summed E-state index contributed by atoms with van der Waals surface area (Å²) in [5.41, 5.74) is 0. The Morgan fingerprint density at radius 3 is 2.41 bits per heavy atom. The quantitative estimate of drug-likeness (QED) is 0.734. The summed E-state index contributed by atoms with van der Waals surface area (Å²) in [5.74, 6) is -0.988. The Labute approximate surface area is 102 Å². The largest absolute Gasteiger partial charge is 0.481 e. The first-order chi connectivity index (χ1) is 7.95. The lowest BCUT2D eigenvalue weighted by atomic mass is 10.2. The van der Waals surface area contributed by atoms with Crippen molar-refractivity contribution >= 4 is 16.2 Å². The topological polar surface area (TPSA) is 86.7 Å². The number of carboxylic acids is 1. The lowest BCUT2D eigenvalue weighted by molar-refractivity contribution is -0.137. The molecule has 0 amide bonds. The highest BCUT2D eigenvalue weighted by atomic mass is 32.2. The summed E-state index contributed by atoms with van der Waals surface area (Å²) < 4.78 is 27.8. The molecule has 1 saturated heterocycles. The zero-order chi connectivity index (χ0) is 12.9. The molecule has 0 aromatic rings. The van der Waals surface area contributed by atoms with Gasteiger partial charge in [-0.25, -0.2) is 0 Å². The molecule has 17 heavy (non-hydrogen) atoms. The van der Waals surface area contributed by atoms with E-state index in [0.29, 0.717) is 19.5 Å². The molecule has 1 rings (SSSR count). The van der Waals surface area contributed by atoms with Gasteiger partial charge in [-0.1, -0.05) is 13.3 Å². The molecule has 0 aromatic heterocycles. The van der Waals surface area contributed by atoms with Crippen LogP contribution in [0.1, 0.15) is 39.0 Å². The van der Waals surface area contributed by atoms with E-state index in [2.05, 4.69) is 4.72 Å². The fraction of sp³-hybridized carbons (Fsp3) is 0.900. The number of carboxylic acid groups (broad SMARTS) is 1. The smallest absolute Gasteiger partial charge is 0.304 e. The number of piperidine rings is 1. The maximum atomic E-state index is 12.0. The number of carbonyl (C=O) groups is 1. The third-order valence-corrected chi connectivity index (χ3v) is 4.56. The molecule has 2 N–H and O–H groups in total. The van der Waals surface area contributed by atoms with Crippen molar-refractivity contribution in [2.24, 2.45) is 0 Å². The second kappa shape index (κ2) is 6.32. The number of rotatable bonds is 6. The van der Waals surface area contributed by atoms with Gasteiger partial charge in [0.25, 0.3) is 10.2 Å². The van der Waals surface area contributed by atoms with Crippen molar-refractivity contribution in [3.05, 3.63) is 0 Å². The molecular formula is C10H20N2O4S. The van der Waals surface area contributed by atoms with Crippen molar-refractivity contribution in [1.29, 1.82) is 0 Å². The van der Waals surface area contributed by atoms with Crippen LogP contribution < -0.4 is 4.72 Å². The van der Waals surface area contributed by atoms with Crippen LogP contribution in [0.4, 0.5) is 0 Å². The van der Waals surface area contributed by atoms with E-state index in [0.717, 1.165) is 19.3 Å². The highest BCUT2D eigenvalue weighted by Crippen LogP contribution is 2.13. The Hall–Kier alpha value is -0.660. The maximum absolute atomic E-state index is 12.0. The van der Waals surface area contributed by atoms with E-state index in [-0.39, 0.29) is 6.42 Å². The van der Waals surface area contributed by atoms with Crippen LogP contribution in [-0.2, 0) is 15.0 Å². The summed E-state index contributed by atoms with van der Waals surface area (Å²) in [6.07, 6.45) is 3.09. The molecule has 7 heteroatoms. The van der Waals surface area contributed by atoms with Gasteiger partial charge in [-0.05, 0) is 19.3 Å². The van der Waals surface area contributed by atoms with Gasteiger partial charge in [0.15, 0.2) is 0 Å². The van der Waals surface area contributed by atoms with Gasteiger partial charge in [0.05, 0.1) is 6.42 Å². The van der Waals surface area contributed by atoms with Gasteiger partial charge >= 0.3 is 5.97 Å². The van der Waals surface area contributed by atoms with Crippen molar-refractivity contribution < 1.29 is 18.3 Å². The molecule has 1 atom stereocenters. The second-order valence-corrected chi connectivity index (χ2v) is 5.99. The number of aliphatic carboxylic acids is 1. The SMILES string of the molecule is CCC(CC(=O)O)NS(=O)(=O)N1CCCCC1. The fourth-order valence-electron chi connectivity index (χ4n) is 1.87. The highest BCUT2D eigenvalue weighted by Gasteiger charge is 2.26. The number of nitrogens with one attached hydrogen (secondary N) is 1. The summed E-state index contributed by atoms with van der Waals surface area (Å²) in [7, 11) is -3.52. The van der Waals surface area contributed by atoms with Crippen LogP contribution in [0.3, 0.4) is 0 Å². The standard InChI is InChI=1S/C10H20N2O4S/c1-2-9(8-10(13)14)11-17(15,16)12-6-4-3-5-7-12/h9,11H,2-8H2,1H3,(H,13,14). The minimum absolute atomic E-state index is 0.177. The molecule has 0 saturated carbocycles. The number of hydrogen-bond acceptors (Lipinski definition) is 3. The Morgan fingerprint density at radius 1 is 1.35 bits per heavy atom. The van der Waals surface area contributed by atoms with Gasteiger partial charge in [-0.15, -0.1) is 0 Å². The van der Waals surface area contributed by atoms with Gasteiger partial charge in [-0.2, -0.15) is 17.4 Å². The third kappa shape index (κ3) is 4.61. The van der Waals surface area contributed by atoms with Gasteiger partial charge in [0.1, 0.15) is 0 Å². The van der Waals surface area contributed by atoms with Crippen molar-refractivity contribution in [3.8, 4) is 0 Å². The van der Waals surface area contributed by atoms with E-state index in [9.17, 15) is 13.2 Å². The highest BCUT2D eigenvalue weighted by molar-refractivity contribution is 7.87. The van der Waals surface area contributed by atoms with Crippen LogP contribution in [0.25, 0.3) is 0 Å². The summed E-state index contributed by atoms with van der Waals surface area (Å²) >= 11 is 0. The minimum atomic E-state index is -3.52. The summed E-state index contributed by atoms with van der Waals surface area (Å²) in [5, 5.41) is 8.67. The molecule has 1 heterocycles. The predicted octanol–water partition coefficient (Wildman–Crippen LogP) is 0.560. The number of hydrogen-bond donors (Lipinski definition) is 2. The molecule has 0 spiro atoms. The summed E-state index contributed by atoms with van der Waals surface area (Å²) in [4.78, 5) is 10.6. The molecule has 0 aliphatic carbocycles. The Morgan fingerprint density at radius 2 is 1.94 bits per heavy atom. The normalized spacial score (nSPS) is 20.1. The Kier molecular flexibility index (Phi) is 5.35. The summed E-state index contributed by atoms with van der Waals surface area (Å²) in [6.45, 7) is 2.82. The molecule has 1 aliphatic heterocycles. The average Bonchev–Trinajstić information content (AvgIpc) is 2.28. The average molecular weight is 264 g/mol. The molecule has 0 bridgehead atoms.